The van der Waals surface area contributed by atoms with Crippen LogP contribution in [0.1, 0.15) is 22.0 Å². The standard InChI is InChI=1S/C15H14N2O3/c16-13(10-5-2-1-3-6-10)14(18)17-12-8-4-7-11(9-12)15(19)20/h1-9,13H,16H2,(H,17,18)(H,19,20)/t13-/m1/s1. The van der Waals surface area contributed by atoms with Crippen LogP contribution in [0.4, 0.5) is 5.69 Å². The van der Waals surface area contributed by atoms with E-state index in [1.54, 1.807) is 36.4 Å². The van der Waals surface area contributed by atoms with Gasteiger partial charge in [-0.15, -0.1) is 0 Å². The molecule has 0 heterocycles. The van der Waals surface area contributed by atoms with Crippen LogP contribution in [0.2, 0.25) is 0 Å². The molecular weight excluding hydrogens is 256 g/mol. The largest absolute Gasteiger partial charge is 0.478 e. The third-order valence-corrected chi connectivity index (χ3v) is 2.82. The highest BCUT2D eigenvalue weighted by atomic mass is 16.4. The number of carboxylic acid groups (broad SMARTS) is 1. The van der Waals surface area contributed by atoms with Gasteiger partial charge in [-0.05, 0) is 23.8 Å². The van der Waals surface area contributed by atoms with Crippen molar-refractivity contribution in [2.45, 2.75) is 6.04 Å². The number of carbonyl (C=O) groups excluding carboxylic acids is 1. The summed E-state index contributed by atoms with van der Waals surface area (Å²) in [6.45, 7) is 0. The second-order valence-electron chi connectivity index (χ2n) is 4.26. The number of rotatable bonds is 4. The Morgan fingerprint density at radius 3 is 2.40 bits per heavy atom. The first-order valence-corrected chi connectivity index (χ1v) is 6.02. The zero-order valence-corrected chi connectivity index (χ0v) is 10.6. The Kier molecular flexibility index (Phi) is 4.12. The summed E-state index contributed by atoms with van der Waals surface area (Å²) < 4.78 is 0. The van der Waals surface area contributed by atoms with Gasteiger partial charge in [0.15, 0.2) is 0 Å². The van der Waals surface area contributed by atoms with Crippen molar-refractivity contribution in [3.63, 3.8) is 0 Å². The summed E-state index contributed by atoms with van der Waals surface area (Å²) in [5.41, 5.74) is 7.06. The van der Waals surface area contributed by atoms with Crippen LogP contribution in [-0.4, -0.2) is 17.0 Å². The highest BCUT2D eigenvalue weighted by molar-refractivity contribution is 5.97. The van der Waals surface area contributed by atoms with Crippen molar-refractivity contribution >= 4 is 17.6 Å². The van der Waals surface area contributed by atoms with Crippen molar-refractivity contribution < 1.29 is 14.7 Å². The Morgan fingerprint density at radius 2 is 1.75 bits per heavy atom. The van der Waals surface area contributed by atoms with Crippen molar-refractivity contribution in [2.75, 3.05) is 5.32 Å². The van der Waals surface area contributed by atoms with Crippen molar-refractivity contribution in [2.24, 2.45) is 5.73 Å². The third-order valence-electron chi connectivity index (χ3n) is 2.82. The van der Waals surface area contributed by atoms with Crippen LogP contribution in [0.25, 0.3) is 0 Å². The molecule has 102 valence electrons. The molecule has 1 atom stereocenters. The SMILES string of the molecule is N[C@@H](C(=O)Nc1cccc(C(=O)O)c1)c1ccccc1. The highest BCUT2D eigenvalue weighted by Crippen LogP contribution is 2.15. The molecule has 0 bridgehead atoms. The van der Waals surface area contributed by atoms with Crippen LogP contribution in [0.3, 0.4) is 0 Å². The Hall–Kier alpha value is -2.66. The van der Waals surface area contributed by atoms with E-state index in [0.717, 1.165) is 0 Å². The molecule has 0 radical (unpaired) electrons. The first-order valence-electron chi connectivity index (χ1n) is 6.02. The normalized spacial score (nSPS) is 11.7. The molecule has 0 saturated carbocycles. The Balaban J connectivity index is 2.12. The minimum atomic E-state index is -1.05. The maximum absolute atomic E-state index is 12.0. The first kappa shape index (κ1) is 13.8. The second kappa shape index (κ2) is 5.99. The van der Waals surface area contributed by atoms with E-state index in [0.29, 0.717) is 11.3 Å². The highest BCUT2D eigenvalue weighted by Gasteiger charge is 2.15. The number of amides is 1. The molecule has 20 heavy (non-hydrogen) atoms. The van der Waals surface area contributed by atoms with E-state index in [1.807, 2.05) is 6.07 Å². The average Bonchev–Trinajstić information content (AvgIpc) is 2.47. The van der Waals surface area contributed by atoms with Crippen LogP contribution in [0.5, 0.6) is 0 Å². The minimum absolute atomic E-state index is 0.107. The second-order valence-corrected chi connectivity index (χ2v) is 4.26. The molecule has 0 aliphatic heterocycles. The lowest BCUT2D eigenvalue weighted by Crippen LogP contribution is -2.27. The molecule has 2 aromatic carbocycles. The summed E-state index contributed by atoms with van der Waals surface area (Å²) in [5, 5.41) is 11.5. The van der Waals surface area contributed by atoms with Crippen LogP contribution in [0.15, 0.2) is 54.6 Å². The Morgan fingerprint density at radius 1 is 1.05 bits per heavy atom. The van der Waals surface area contributed by atoms with Gasteiger partial charge in [0.05, 0.1) is 5.56 Å². The smallest absolute Gasteiger partial charge is 0.335 e. The van der Waals surface area contributed by atoms with Gasteiger partial charge in [0.1, 0.15) is 6.04 Å². The minimum Gasteiger partial charge on any atom is -0.478 e. The number of carbonyl (C=O) groups is 2. The molecule has 4 N–H and O–H groups in total. The molecule has 0 aliphatic carbocycles. The molecule has 2 aromatic rings. The number of carboxylic acids is 1. The number of hydrogen-bond donors (Lipinski definition) is 3. The molecular formula is C15H14N2O3. The molecule has 0 saturated heterocycles. The summed E-state index contributed by atoms with van der Waals surface area (Å²) >= 11 is 0. The van der Waals surface area contributed by atoms with Gasteiger partial charge in [-0.2, -0.15) is 0 Å². The lowest BCUT2D eigenvalue weighted by atomic mass is 10.1. The molecule has 1 amide bonds. The van der Waals surface area contributed by atoms with Crippen molar-refractivity contribution in [3.8, 4) is 0 Å². The van der Waals surface area contributed by atoms with Gasteiger partial charge in [-0.1, -0.05) is 36.4 Å². The van der Waals surface area contributed by atoms with Gasteiger partial charge in [0, 0.05) is 5.69 Å². The van der Waals surface area contributed by atoms with E-state index in [-0.39, 0.29) is 5.56 Å². The maximum atomic E-state index is 12.0. The molecule has 0 unspecified atom stereocenters. The molecule has 2 rings (SSSR count). The zero-order chi connectivity index (χ0) is 14.5. The van der Waals surface area contributed by atoms with Gasteiger partial charge < -0.3 is 16.2 Å². The Bertz CT molecular complexity index is 626. The summed E-state index contributed by atoms with van der Waals surface area (Å²) in [6.07, 6.45) is 0. The topological polar surface area (TPSA) is 92.4 Å². The fourth-order valence-corrected chi connectivity index (χ4v) is 1.76. The van der Waals surface area contributed by atoms with E-state index >= 15 is 0 Å². The number of nitrogens with two attached hydrogens (primary N) is 1. The summed E-state index contributed by atoms with van der Waals surface area (Å²) in [4.78, 5) is 22.9. The first-order chi connectivity index (χ1) is 9.58. The lowest BCUT2D eigenvalue weighted by Gasteiger charge is -2.12. The number of aromatic carboxylic acids is 1. The fourth-order valence-electron chi connectivity index (χ4n) is 1.76. The van der Waals surface area contributed by atoms with Crippen molar-refractivity contribution in [3.05, 3.63) is 65.7 Å². The van der Waals surface area contributed by atoms with Gasteiger partial charge >= 0.3 is 5.97 Å². The molecule has 0 fully saturated rings. The predicted molar refractivity (Wildman–Crippen MR) is 75.4 cm³/mol. The van der Waals surface area contributed by atoms with E-state index in [9.17, 15) is 9.59 Å². The van der Waals surface area contributed by atoms with E-state index in [4.69, 9.17) is 10.8 Å². The van der Waals surface area contributed by atoms with Gasteiger partial charge in [-0.3, -0.25) is 4.79 Å². The van der Waals surface area contributed by atoms with Gasteiger partial charge in [-0.25, -0.2) is 4.79 Å². The van der Waals surface area contributed by atoms with Gasteiger partial charge in [0.2, 0.25) is 5.91 Å². The number of benzene rings is 2. The average molecular weight is 270 g/mol. The number of hydrogen-bond acceptors (Lipinski definition) is 3. The van der Waals surface area contributed by atoms with Crippen LogP contribution >= 0.6 is 0 Å². The van der Waals surface area contributed by atoms with Crippen molar-refractivity contribution in [1.82, 2.24) is 0 Å². The summed E-state index contributed by atoms with van der Waals surface area (Å²) in [6, 6.07) is 14.2. The molecule has 5 heteroatoms. The van der Waals surface area contributed by atoms with Crippen LogP contribution in [-0.2, 0) is 4.79 Å². The van der Waals surface area contributed by atoms with E-state index in [1.165, 1.54) is 12.1 Å². The number of nitrogens with one attached hydrogen (secondary N) is 1. The Labute approximate surface area is 116 Å². The fraction of sp³-hybridized carbons (Fsp3) is 0.0667. The van der Waals surface area contributed by atoms with Gasteiger partial charge in [0.25, 0.3) is 0 Å². The monoisotopic (exact) mass is 270 g/mol. The van der Waals surface area contributed by atoms with E-state index < -0.39 is 17.9 Å². The van der Waals surface area contributed by atoms with Crippen molar-refractivity contribution in [1.29, 1.82) is 0 Å². The lowest BCUT2D eigenvalue weighted by molar-refractivity contribution is -0.117. The van der Waals surface area contributed by atoms with Crippen LogP contribution in [0, 0.1) is 0 Å². The number of anilines is 1. The predicted octanol–water partition coefficient (Wildman–Crippen LogP) is 2.02. The maximum Gasteiger partial charge on any atom is 0.335 e. The van der Waals surface area contributed by atoms with Crippen LogP contribution < -0.4 is 11.1 Å². The molecule has 0 aromatic heterocycles. The van der Waals surface area contributed by atoms with E-state index in [2.05, 4.69) is 5.32 Å². The molecule has 5 nitrogen and oxygen atoms in total. The molecule has 0 spiro atoms. The third kappa shape index (κ3) is 3.21. The molecule has 0 aliphatic rings. The zero-order valence-electron chi connectivity index (χ0n) is 10.6. The summed E-state index contributed by atoms with van der Waals surface area (Å²) in [5.74, 6) is -1.44. The quantitative estimate of drug-likeness (QED) is 0.792. The summed E-state index contributed by atoms with van der Waals surface area (Å²) in [7, 11) is 0.